The number of halogens is 4. The number of nitrogens with zero attached hydrogens (tertiary/aromatic N) is 3. The number of hydrogen-bond acceptors (Lipinski definition) is 6. The molecular weight excluding hydrogens is 610 g/mol. The lowest BCUT2D eigenvalue weighted by Gasteiger charge is -2.41. The highest BCUT2D eigenvalue weighted by Crippen LogP contribution is 2.32. The fourth-order valence-electron chi connectivity index (χ4n) is 5.60. The van der Waals surface area contributed by atoms with Crippen molar-refractivity contribution in [1.82, 2.24) is 14.7 Å². The van der Waals surface area contributed by atoms with Gasteiger partial charge in [0.05, 0.1) is 12.1 Å². The van der Waals surface area contributed by atoms with E-state index in [1.807, 2.05) is 30.3 Å². The minimum atomic E-state index is -5.01. The maximum Gasteiger partial charge on any atom is 0.419 e. The van der Waals surface area contributed by atoms with Crippen molar-refractivity contribution in [2.75, 3.05) is 32.7 Å². The van der Waals surface area contributed by atoms with Crippen molar-refractivity contribution in [1.29, 1.82) is 0 Å². The molecule has 4 rings (SSSR count). The molecule has 2 saturated heterocycles. The van der Waals surface area contributed by atoms with E-state index in [2.05, 4.69) is 0 Å². The first-order chi connectivity index (χ1) is 21.6. The maximum absolute atomic E-state index is 14.0. The Morgan fingerprint density at radius 3 is 2.20 bits per heavy atom. The van der Waals surface area contributed by atoms with Gasteiger partial charge in [-0.2, -0.15) is 13.2 Å². The second kappa shape index (κ2) is 14.5. The minimum absolute atomic E-state index is 0.0459. The van der Waals surface area contributed by atoms with Gasteiger partial charge in [-0.25, -0.2) is 14.0 Å². The molecule has 2 aliphatic rings. The fourth-order valence-corrected chi connectivity index (χ4v) is 5.60. The monoisotopic (exact) mass is 649 g/mol. The van der Waals surface area contributed by atoms with Crippen LogP contribution >= 0.6 is 0 Å². The average Bonchev–Trinajstić information content (AvgIpc) is 3.01. The quantitative estimate of drug-likeness (QED) is 0.258. The standard InChI is InChI=1S/C33H39F4N3O6/c1-32(2,3)46-31(44)38-16-13-23(14-17-38)29(42)40(20-28(41)24-11-12-27(34)26(18-24)33(35,36)37)25-10-7-15-39(19-25)30(43)45-21-22-8-5-4-6-9-22/h4-6,8-9,11-12,18,23,25H,7,10,13-17,19-21H2,1-3H3/t25-/m1/s1. The lowest BCUT2D eigenvalue weighted by molar-refractivity contribution is -0.141. The topological polar surface area (TPSA) is 96.5 Å². The SMILES string of the molecule is CC(C)(C)OC(=O)N1CCC(C(=O)N(CC(=O)c2ccc(F)c(C(F)(F)F)c2)[C@@H]2CCCN(C(=O)OCc3ccccc3)C2)CC1. The highest BCUT2D eigenvalue weighted by Gasteiger charge is 2.39. The van der Waals surface area contributed by atoms with Crippen LogP contribution in [-0.2, 0) is 27.1 Å². The van der Waals surface area contributed by atoms with Crippen LogP contribution in [0.3, 0.4) is 0 Å². The van der Waals surface area contributed by atoms with Gasteiger partial charge < -0.3 is 24.2 Å². The molecule has 3 amide bonds. The number of carbonyl (C=O) groups is 4. The zero-order chi connectivity index (χ0) is 33.6. The molecule has 0 bridgehead atoms. The predicted octanol–water partition coefficient (Wildman–Crippen LogP) is 6.30. The molecule has 0 spiro atoms. The van der Waals surface area contributed by atoms with Crippen molar-refractivity contribution < 1.29 is 46.2 Å². The Morgan fingerprint density at radius 1 is 0.891 bits per heavy atom. The summed E-state index contributed by atoms with van der Waals surface area (Å²) in [6.07, 6.45) is -4.60. The summed E-state index contributed by atoms with van der Waals surface area (Å²) in [5, 5.41) is 0. The molecule has 0 unspecified atom stereocenters. The van der Waals surface area contributed by atoms with E-state index < -0.39 is 65.5 Å². The Bertz CT molecular complexity index is 1400. The molecular formula is C33H39F4N3O6. The van der Waals surface area contributed by atoms with Crippen LogP contribution in [0.15, 0.2) is 48.5 Å². The van der Waals surface area contributed by atoms with Crippen LogP contribution in [0, 0.1) is 11.7 Å². The number of carbonyl (C=O) groups excluding carboxylic acids is 4. The smallest absolute Gasteiger partial charge is 0.419 e. The zero-order valence-corrected chi connectivity index (χ0v) is 26.1. The Morgan fingerprint density at radius 2 is 1.57 bits per heavy atom. The van der Waals surface area contributed by atoms with Crippen LogP contribution < -0.4 is 0 Å². The summed E-state index contributed by atoms with van der Waals surface area (Å²) < 4.78 is 65.0. The molecule has 46 heavy (non-hydrogen) atoms. The molecule has 2 aromatic carbocycles. The van der Waals surface area contributed by atoms with Gasteiger partial charge in [0.2, 0.25) is 5.91 Å². The van der Waals surface area contributed by atoms with E-state index in [1.54, 1.807) is 20.8 Å². The van der Waals surface area contributed by atoms with Crippen LogP contribution in [0.25, 0.3) is 0 Å². The molecule has 9 nitrogen and oxygen atoms in total. The predicted molar refractivity (Wildman–Crippen MR) is 159 cm³/mol. The number of amides is 3. The summed E-state index contributed by atoms with van der Waals surface area (Å²) in [6.45, 7) is 5.63. The van der Waals surface area contributed by atoms with E-state index in [1.165, 1.54) is 14.7 Å². The second-order valence-electron chi connectivity index (χ2n) is 12.6. The third-order valence-electron chi connectivity index (χ3n) is 7.99. The molecule has 0 aliphatic carbocycles. The van der Waals surface area contributed by atoms with Gasteiger partial charge in [0, 0.05) is 43.7 Å². The van der Waals surface area contributed by atoms with Gasteiger partial charge in [0.1, 0.15) is 18.0 Å². The molecule has 250 valence electrons. The summed E-state index contributed by atoms with van der Waals surface area (Å²) in [6, 6.07) is 10.5. The van der Waals surface area contributed by atoms with Crippen molar-refractivity contribution in [3.8, 4) is 0 Å². The molecule has 0 aromatic heterocycles. The van der Waals surface area contributed by atoms with Crippen molar-refractivity contribution in [2.24, 2.45) is 5.92 Å². The number of ketones is 1. The van der Waals surface area contributed by atoms with Crippen LogP contribution in [0.4, 0.5) is 27.2 Å². The van der Waals surface area contributed by atoms with Gasteiger partial charge >= 0.3 is 18.4 Å². The van der Waals surface area contributed by atoms with Crippen molar-refractivity contribution in [2.45, 2.75) is 70.9 Å². The van der Waals surface area contributed by atoms with E-state index in [0.29, 0.717) is 31.5 Å². The van der Waals surface area contributed by atoms with E-state index in [4.69, 9.17) is 9.47 Å². The average molecular weight is 650 g/mol. The minimum Gasteiger partial charge on any atom is -0.445 e. The van der Waals surface area contributed by atoms with Crippen LogP contribution in [0.5, 0.6) is 0 Å². The summed E-state index contributed by atoms with van der Waals surface area (Å²) >= 11 is 0. The third-order valence-corrected chi connectivity index (χ3v) is 7.99. The first-order valence-electron chi connectivity index (χ1n) is 15.3. The first-order valence-corrected chi connectivity index (χ1v) is 15.3. The summed E-state index contributed by atoms with van der Waals surface area (Å²) in [5.74, 6) is -3.29. The van der Waals surface area contributed by atoms with Crippen LogP contribution in [0.2, 0.25) is 0 Å². The molecule has 2 aromatic rings. The van der Waals surface area contributed by atoms with E-state index in [0.717, 1.165) is 11.6 Å². The molecule has 2 aliphatic heterocycles. The number of ether oxygens (including phenoxy) is 2. The maximum atomic E-state index is 14.0. The Kier molecular flexibility index (Phi) is 10.9. The van der Waals surface area contributed by atoms with Crippen LogP contribution in [0.1, 0.15) is 67.9 Å². The van der Waals surface area contributed by atoms with Crippen LogP contribution in [-0.4, -0.2) is 82.9 Å². The van der Waals surface area contributed by atoms with E-state index >= 15 is 0 Å². The molecule has 0 radical (unpaired) electrons. The lowest BCUT2D eigenvalue weighted by Crippen LogP contribution is -2.55. The molecule has 0 saturated carbocycles. The zero-order valence-electron chi connectivity index (χ0n) is 26.1. The Hall–Kier alpha value is -4.16. The second-order valence-corrected chi connectivity index (χ2v) is 12.6. The highest BCUT2D eigenvalue weighted by molar-refractivity contribution is 5.99. The number of piperidine rings is 2. The number of hydrogen-bond donors (Lipinski definition) is 0. The third kappa shape index (κ3) is 9.20. The molecule has 0 N–H and O–H groups in total. The first kappa shape index (κ1) is 34.7. The fraction of sp³-hybridized carbons (Fsp3) is 0.515. The molecule has 13 heteroatoms. The van der Waals surface area contributed by atoms with Crippen molar-refractivity contribution in [3.63, 3.8) is 0 Å². The summed E-state index contributed by atoms with van der Waals surface area (Å²) in [5.41, 5.74) is -1.86. The molecule has 2 fully saturated rings. The number of rotatable bonds is 7. The van der Waals surface area contributed by atoms with Gasteiger partial charge in [0.15, 0.2) is 5.78 Å². The van der Waals surface area contributed by atoms with Gasteiger partial charge in [0.25, 0.3) is 0 Å². The van der Waals surface area contributed by atoms with Gasteiger partial charge in [-0.3, -0.25) is 9.59 Å². The van der Waals surface area contributed by atoms with Gasteiger partial charge in [-0.15, -0.1) is 0 Å². The normalized spacial score (nSPS) is 17.8. The number of likely N-dealkylation sites (tertiary alicyclic amines) is 2. The summed E-state index contributed by atoms with van der Waals surface area (Å²) in [7, 11) is 0. The Labute approximate surface area is 265 Å². The largest absolute Gasteiger partial charge is 0.445 e. The van der Waals surface area contributed by atoms with Crippen molar-refractivity contribution in [3.05, 3.63) is 71.0 Å². The van der Waals surface area contributed by atoms with Gasteiger partial charge in [-0.1, -0.05) is 30.3 Å². The van der Waals surface area contributed by atoms with E-state index in [-0.39, 0.29) is 44.6 Å². The highest BCUT2D eigenvalue weighted by atomic mass is 19.4. The van der Waals surface area contributed by atoms with Crippen molar-refractivity contribution >= 4 is 23.9 Å². The molecule has 1 atom stereocenters. The number of alkyl halides is 3. The Balaban J connectivity index is 1.51. The molecule has 2 heterocycles. The van der Waals surface area contributed by atoms with E-state index in [9.17, 15) is 36.7 Å². The number of Topliss-reactive ketones (excluding diaryl/α,β-unsaturated/α-hetero) is 1. The summed E-state index contributed by atoms with van der Waals surface area (Å²) in [4.78, 5) is 57.2. The number of benzene rings is 2. The lowest BCUT2D eigenvalue weighted by atomic mass is 9.93. The van der Waals surface area contributed by atoms with Gasteiger partial charge in [-0.05, 0) is 70.2 Å².